The average Bonchev–Trinajstić information content (AvgIpc) is 2.68. The molecule has 0 atom stereocenters. The topological polar surface area (TPSA) is 76.7 Å². The van der Waals surface area contributed by atoms with E-state index in [1.54, 1.807) is 24.3 Å². The van der Waals surface area contributed by atoms with Gasteiger partial charge in [-0.2, -0.15) is 0 Å². The standard InChI is InChI=1S/C22H27ClN2O4/c1-22(2,3)15-8-6-14(7-9-15)21(27)24-11-10-20(26)25-17-13-18(28-4)16(23)12-19(17)29-5/h6-9,12-13H,10-11H2,1-5H3,(H,24,27)(H,25,26). The number of nitrogens with one attached hydrogen (secondary N) is 2. The summed E-state index contributed by atoms with van der Waals surface area (Å²) in [6, 6.07) is 10.6. The molecule has 2 aromatic carbocycles. The van der Waals surface area contributed by atoms with Gasteiger partial charge >= 0.3 is 0 Å². The SMILES string of the molecule is COc1cc(NC(=O)CCNC(=O)c2ccc(C(C)(C)C)cc2)c(OC)cc1Cl. The lowest BCUT2D eigenvalue weighted by Gasteiger charge is -2.19. The Labute approximate surface area is 176 Å². The summed E-state index contributed by atoms with van der Waals surface area (Å²) in [4.78, 5) is 24.5. The maximum absolute atomic E-state index is 12.3. The van der Waals surface area contributed by atoms with Crippen molar-refractivity contribution in [3.8, 4) is 11.5 Å². The van der Waals surface area contributed by atoms with Crippen molar-refractivity contribution >= 4 is 29.1 Å². The van der Waals surface area contributed by atoms with E-state index in [2.05, 4.69) is 31.4 Å². The molecule has 0 saturated heterocycles. The van der Waals surface area contributed by atoms with Crippen molar-refractivity contribution in [1.29, 1.82) is 0 Å². The van der Waals surface area contributed by atoms with Gasteiger partial charge in [0.05, 0.1) is 24.9 Å². The monoisotopic (exact) mass is 418 g/mol. The predicted molar refractivity (Wildman–Crippen MR) is 115 cm³/mol. The fraction of sp³-hybridized carbons (Fsp3) is 0.364. The van der Waals surface area contributed by atoms with Crippen molar-refractivity contribution < 1.29 is 19.1 Å². The number of methoxy groups -OCH3 is 2. The molecule has 0 aromatic heterocycles. The first-order chi connectivity index (χ1) is 13.7. The molecule has 0 radical (unpaired) electrons. The van der Waals surface area contributed by atoms with Crippen LogP contribution in [0.4, 0.5) is 5.69 Å². The van der Waals surface area contributed by atoms with Gasteiger partial charge in [0.2, 0.25) is 5.91 Å². The van der Waals surface area contributed by atoms with Gasteiger partial charge in [-0.3, -0.25) is 9.59 Å². The molecule has 0 aliphatic rings. The molecule has 0 spiro atoms. The Morgan fingerprint density at radius 1 is 1.00 bits per heavy atom. The lowest BCUT2D eigenvalue weighted by molar-refractivity contribution is -0.116. The molecule has 0 bridgehead atoms. The van der Waals surface area contributed by atoms with Crippen molar-refractivity contribution in [1.82, 2.24) is 5.32 Å². The number of carbonyl (C=O) groups excluding carboxylic acids is 2. The second-order valence-electron chi connectivity index (χ2n) is 7.57. The fourth-order valence-electron chi connectivity index (χ4n) is 2.68. The van der Waals surface area contributed by atoms with Gasteiger partial charge in [0.1, 0.15) is 11.5 Å². The van der Waals surface area contributed by atoms with Gasteiger partial charge < -0.3 is 20.1 Å². The zero-order valence-electron chi connectivity index (χ0n) is 17.4. The van der Waals surface area contributed by atoms with Crippen LogP contribution < -0.4 is 20.1 Å². The number of rotatable bonds is 7. The van der Waals surface area contributed by atoms with E-state index in [0.29, 0.717) is 27.8 Å². The summed E-state index contributed by atoms with van der Waals surface area (Å²) in [6.07, 6.45) is 0.111. The third-order valence-corrected chi connectivity index (χ3v) is 4.69. The number of carbonyl (C=O) groups is 2. The summed E-state index contributed by atoms with van der Waals surface area (Å²) in [5.74, 6) is 0.363. The Morgan fingerprint density at radius 3 is 2.17 bits per heavy atom. The molecule has 0 fully saturated rings. The van der Waals surface area contributed by atoms with Crippen LogP contribution in [0.5, 0.6) is 11.5 Å². The van der Waals surface area contributed by atoms with Crippen molar-refractivity contribution in [2.75, 3.05) is 26.1 Å². The smallest absolute Gasteiger partial charge is 0.251 e. The second kappa shape index (κ2) is 9.65. The summed E-state index contributed by atoms with van der Waals surface area (Å²) in [7, 11) is 2.97. The summed E-state index contributed by atoms with van der Waals surface area (Å²) in [6.45, 7) is 6.56. The van der Waals surface area contributed by atoms with Gasteiger partial charge in [-0.15, -0.1) is 0 Å². The van der Waals surface area contributed by atoms with Crippen LogP contribution in [0.15, 0.2) is 36.4 Å². The first kappa shape index (κ1) is 22.6. The van der Waals surface area contributed by atoms with E-state index in [0.717, 1.165) is 5.56 Å². The fourth-order valence-corrected chi connectivity index (χ4v) is 2.91. The summed E-state index contributed by atoms with van der Waals surface area (Å²) in [5, 5.41) is 5.89. The van der Waals surface area contributed by atoms with Crippen LogP contribution in [0.3, 0.4) is 0 Å². The molecular weight excluding hydrogens is 392 g/mol. The molecule has 0 unspecified atom stereocenters. The molecule has 7 heteroatoms. The molecule has 6 nitrogen and oxygen atoms in total. The van der Waals surface area contributed by atoms with Gasteiger partial charge in [0.25, 0.3) is 5.91 Å². The maximum atomic E-state index is 12.3. The molecule has 0 aliphatic heterocycles. The van der Waals surface area contributed by atoms with Gasteiger partial charge in [0, 0.05) is 30.7 Å². The molecule has 0 heterocycles. The molecule has 2 rings (SSSR count). The number of amides is 2. The minimum atomic E-state index is -0.268. The maximum Gasteiger partial charge on any atom is 0.251 e. The largest absolute Gasteiger partial charge is 0.495 e. The van der Waals surface area contributed by atoms with E-state index in [-0.39, 0.29) is 30.2 Å². The van der Waals surface area contributed by atoms with E-state index < -0.39 is 0 Å². The highest BCUT2D eigenvalue weighted by Crippen LogP contribution is 2.35. The van der Waals surface area contributed by atoms with Gasteiger partial charge in [-0.25, -0.2) is 0 Å². The average molecular weight is 419 g/mol. The number of benzene rings is 2. The molecule has 0 aliphatic carbocycles. The zero-order valence-corrected chi connectivity index (χ0v) is 18.1. The minimum absolute atomic E-state index is 0.0263. The number of hydrogen-bond donors (Lipinski definition) is 2. The first-order valence-corrected chi connectivity index (χ1v) is 9.63. The quantitative estimate of drug-likeness (QED) is 0.698. The zero-order chi connectivity index (χ0) is 21.6. The van der Waals surface area contributed by atoms with Crippen LogP contribution in [-0.2, 0) is 10.2 Å². The number of anilines is 1. The number of halogens is 1. The third kappa shape index (κ3) is 6.12. The van der Waals surface area contributed by atoms with Crippen molar-refractivity contribution in [3.05, 3.63) is 52.5 Å². The Kier molecular flexibility index (Phi) is 7.51. The normalized spacial score (nSPS) is 11.0. The molecule has 156 valence electrons. The molecule has 2 N–H and O–H groups in total. The van der Waals surface area contributed by atoms with E-state index in [1.165, 1.54) is 14.2 Å². The molecule has 2 aromatic rings. The predicted octanol–water partition coefficient (Wildman–Crippen LogP) is 4.41. The lowest BCUT2D eigenvalue weighted by Crippen LogP contribution is -2.27. The number of ether oxygens (including phenoxy) is 2. The van der Waals surface area contributed by atoms with Crippen LogP contribution in [0.2, 0.25) is 5.02 Å². The van der Waals surface area contributed by atoms with E-state index >= 15 is 0 Å². The highest BCUT2D eigenvalue weighted by Gasteiger charge is 2.15. The van der Waals surface area contributed by atoms with E-state index in [4.69, 9.17) is 21.1 Å². The van der Waals surface area contributed by atoms with Crippen LogP contribution in [0, 0.1) is 0 Å². The Bertz CT molecular complexity index is 874. The third-order valence-electron chi connectivity index (χ3n) is 4.40. The lowest BCUT2D eigenvalue weighted by atomic mass is 9.87. The highest BCUT2D eigenvalue weighted by atomic mass is 35.5. The summed E-state index contributed by atoms with van der Waals surface area (Å²) in [5.41, 5.74) is 2.18. The Hall–Kier alpha value is -2.73. The minimum Gasteiger partial charge on any atom is -0.495 e. The Morgan fingerprint density at radius 2 is 1.62 bits per heavy atom. The van der Waals surface area contributed by atoms with Gasteiger partial charge in [-0.1, -0.05) is 44.5 Å². The second-order valence-corrected chi connectivity index (χ2v) is 7.98. The Balaban J connectivity index is 1.91. The molecule has 29 heavy (non-hydrogen) atoms. The molecule has 2 amide bonds. The summed E-state index contributed by atoms with van der Waals surface area (Å²) >= 11 is 6.06. The summed E-state index contributed by atoms with van der Waals surface area (Å²) < 4.78 is 10.4. The van der Waals surface area contributed by atoms with E-state index in [9.17, 15) is 9.59 Å². The first-order valence-electron chi connectivity index (χ1n) is 9.26. The number of hydrogen-bond acceptors (Lipinski definition) is 4. The van der Waals surface area contributed by atoms with Crippen molar-refractivity contribution in [3.63, 3.8) is 0 Å². The van der Waals surface area contributed by atoms with Gasteiger partial charge in [0.15, 0.2) is 0 Å². The van der Waals surface area contributed by atoms with Crippen LogP contribution >= 0.6 is 11.6 Å². The molecule has 0 saturated carbocycles. The van der Waals surface area contributed by atoms with Gasteiger partial charge in [-0.05, 0) is 23.1 Å². The highest BCUT2D eigenvalue weighted by molar-refractivity contribution is 6.32. The van der Waals surface area contributed by atoms with Crippen LogP contribution in [-0.4, -0.2) is 32.6 Å². The van der Waals surface area contributed by atoms with E-state index in [1.807, 2.05) is 12.1 Å². The molecular formula is C22H27ClN2O4. The van der Waals surface area contributed by atoms with Crippen LogP contribution in [0.1, 0.15) is 43.1 Å². The van der Waals surface area contributed by atoms with Crippen molar-refractivity contribution in [2.24, 2.45) is 0 Å². The van der Waals surface area contributed by atoms with Crippen molar-refractivity contribution in [2.45, 2.75) is 32.6 Å². The van der Waals surface area contributed by atoms with Crippen LogP contribution in [0.25, 0.3) is 0 Å².